The first kappa shape index (κ1) is 21.5. The molecule has 0 aromatic heterocycles. The third kappa shape index (κ3) is 5.06. The predicted molar refractivity (Wildman–Crippen MR) is 118 cm³/mol. The topological polar surface area (TPSA) is 84.5 Å². The maximum Gasteiger partial charge on any atom is 0.255 e. The molecule has 0 fully saturated rings. The van der Waals surface area contributed by atoms with Crippen molar-refractivity contribution in [2.75, 3.05) is 12.4 Å². The van der Waals surface area contributed by atoms with Crippen LogP contribution in [0, 0.1) is 0 Å². The zero-order chi connectivity index (χ0) is 21.7. The summed E-state index contributed by atoms with van der Waals surface area (Å²) < 4.78 is 32.7. The van der Waals surface area contributed by atoms with Crippen LogP contribution < -0.4 is 14.8 Å². The Balaban J connectivity index is 1.84. The molecule has 156 valence electrons. The lowest BCUT2D eigenvalue weighted by molar-refractivity contribution is 0.102. The fourth-order valence-corrected chi connectivity index (χ4v) is 4.25. The van der Waals surface area contributed by atoms with Crippen LogP contribution in [0.15, 0.2) is 77.7 Å². The third-order valence-electron chi connectivity index (χ3n) is 4.37. The van der Waals surface area contributed by atoms with Gasteiger partial charge in [0, 0.05) is 11.6 Å². The maximum atomic E-state index is 12.7. The first-order chi connectivity index (χ1) is 14.3. The Labute approximate surface area is 177 Å². The lowest BCUT2D eigenvalue weighted by Gasteiger charge is -2.14. The summed E-state index contributed by atoms with van der Waals surface area (Å²) in [6.45, 7) is 3.48. The fraction of sp³-hybridized carbons (Fsp3) is 0.174. The summed E-state index contributed by atoms with van der Waals surface area (Å²) in [5.74, 6) is 0.00651. The number of hydrogen-bond acceptors (Lipinski definition) is 4. The van der Waals surface area contributed by atoms with Gasteiger partial charge in [-0.2, -0.15) is 0 Å². The molecule has 0 aliphatic heterocycles. The fourth-order valence-electron chi connectivity index (χ4n) is 2.97. The van der Waals surface area contributed by atoms with Gasteiger partial charge in [0.25, 0.3) is 5.91 Å². The molecular formula is C23H24N2O4S. The van der Waals surface area contributed by atoms with Gasteiger partial charge in [0.1, 0.15) is 5.75 Å². The molecule has 0 bridgehead atoms. The summed E-state index contributed by atoms with van der Waals surface area (Å²) in [4.78, 5) is 12.8. The van der Waals surface area contributed by atoms with Crippen molar-refractivity contribution in [3.63, 3.8) is 0 Å². The molecule has 0 radical (unpaired) electrons. The number of sulfonamides is 1. The van der Waals surface area contributed by atoms with E-state index in [1.807, 2.05) is 42.5 Å². The lowest BCUT2D eigenvalue weighted by Crippen LogP contribution is -2.30. The molecule has 2 N–H and O–H groups in total. The molecule has 3 aromatic carbocycles. The van der Waals surface area contributed by atoms with E-state index in [0.29, 0.717) is 11.3 Å². The van der Waals surface area contributed by atoms with Crippen LogP contribution >= 0.6 is 0 Å². The summed E-state index contributed by atoms with van der Waals surface area (Å²) in [6, 6.07) is 21.1. The third-order valence-corrected chi connectivity index (χ3v) is 6.03. The average molecular weight is 425 g/mol. The van der Waals surface area contributed by atoms with E-state index >= 15 is 0 Å². The molecule has 6 nitrogen and oxygen atoms in total. The Morgan fingerprint density at radius 3 is 2.13 bits per heavy atom. The Hall–Kier alpha value is -3.16. The number of nitrogens with one attached hydrogen (secondary N) is 2. The number of carbonyl (C=O) groups is 1. The number of methoxy groups -OCH3 is 1. The SMILES string of the molecule is COc1ccc(S(=O)(=O)NC(C)C)cc1NC(=O)c1ccc(-c2ccccc2)cc1. The van der Waals surface area contributed by atoms with Crippen molar-refractivity contribution >= 4 is 21.6 Å². The van der Waals surface area contributed by atoms with Crippen molar-refractivity contribution in [3.05, 3.63) is 78.4 Å². The molecule has 3 aromatic rings. The molecule has 0 saturated heterocycles. The minimum Gasteiger partial charge on any atom is -0.495 e. The second-order valence-electron chi connectivity index (χ2n) is 7.04. The van der Waals surface area contributed by atoms with E-state index in [9.17, 15) is 13.2 Å². The van der Waals surface area contributed by atoms with Gasteiger partial charge >= 0.3 is 0 Å². The van der Waals surface area contributed by atoms with E-state index in [-0.39, 0.29) is 22.5 Å². The van der Waals surface area contributed by atoms with E-state index in [1.165, 1.54) is 25.3 Å². The molecule has 7 heteroatoms. The van der Waals surface area contributed by atoms with Crippen LogP contribution in [-0.4, -0.2) is 27.5 Å². The van der Waals surface area contributed by atoms with Crippen molar-refractivity contribution in [1.82, 2.24) is 4.72 Å². The van der Waals surface area contributed by atoms with Crippen molar-refractivity contribution in [3.8, 4) is 16.9 Å². The number of carbonyl (C=O) groups excluding carboxylic acids is 1. The van der Waals surface area contributed by atoms with Crippen LogP contribution in [0.3, 0.4) is 0 Å². The molecule has 0 unspecified atom stereocenters. The first-order valence-corrected chi connectivity index (χ1v) is 11.0. The van der Waals surface area contributed by atoms with Crippen molar-refractivity contribution in [1.29, 1.82) is 0 Å². The number of anilines is 1. The largest absolute Gasteiger partial charge is 0.495 e. The number of hydrogen-bond donors (Lipinski definition) is 2. The minimum atomic E-state index is -3.70. The zero-order valence-corrected chi connectivity index (χ0v) is 17.9. The zero-order valence-electron chi connectivity index (χ0n) is 17.0. The van der Waals surface area contributed by atoms with Crippen molar-refractivity contribution < 1.29 is 17.9 Å². The normalized spacial score (nSPS) is 11.3. The summed E-state index contributed by atoms with van der Waals surface area (Å²) in [6.07, 6.45) is 0. The highest BCUT2D eigenvalue weighted by Gasteiger charge is 2.19. The van der Waals surface area contributed by atoms with Crippen LogP contribution in [0.25, 0.3) is 11.1 Å². The van der Waals surface area contributed by atoms with Gasteiger partial charge in [0.15, 0.2) is 0 Å². The predicted octanol–water partition coefficient (Wildman–Crippen LogP) is 4.30. The van der Waals surface area contributed by atoms with Crippen molar-refractivity contribution in [2.24, 2.45) is 0 Å². The molecular weight excluding hydrogens is 400 g/mol. The van der Waals surface area contributed by atoms with Crippen LogP contribution in [0.4, 0.5) is 5.69 Å². The quantitative estimate of drug-likeness (QED) is 0.592. The van der Waals surface area contributed by atoms with E-state index in [1.54, 1.807) is 26.0 Å². The van der Waals surface area contributed by atoms with E-state index < -0.39 is 10.0 Å². The van der Waals surface area contributed by atoms with Gasteiger partial charge in [-0.05, 0) is 55.3 Å². The standard InChI is InChI=1S/C23H24N2O4S/c1-16(2)25-30(27,28)20-13-14-22(29-3)21(15-20)24-23(26)19-11-9-18(10-12-19)17-7-5-4-6-8-17/h4-16,25H,1-3H3,(H,24,26). The highest BCUT2D eigenvalue weighted by Crippen LogP contribution is 2.28. The van der Waals surface area contributed by atoms with Crippen molar-refractivity contribution in [2.45, 2.75) is 24.8 Å². The second-order valence-corrected chi connectivity index (χ2v) is 8.75. The molecule has 0 atom stereocenters. The Morgan fingerprint density at radius 1 is 0.900 bits per heavy atom. The maximum absolute atomic E-state index is 12.7. The van der Waals surface area contributed by atoms with Crippen LogP contribution in [-0.2, 0) is 10.0 Å². The molecule has 0 saturated carbocycles. The molecule has 0 aliphatic rings. The smallest absolute Gasteiger partial charge is 0.255 e. The number of rotatable bonds is 7. The van der Waals surface area contributed by atoms with Crippen LogP contribution in [0.2, 0.25) is 0 Å². The average Bonchev–Trinajstić information content (AvgIpc) is 2.73. The number of ether oxygens (including phenoxy) is 1. The molecule has 0 aliphatic carbocycles. The Morgan fingerprint density at radius 2 is 1.53 bits per heavy atom. The lowest BCUT2D eigenvalue weighted by atomic mass is 10.0. The number of benzene rings is 3. The Bertz CT molecular complexity index is 1130. The van der Waals surface area contributed by atoms with E-state index in [4.69, 9.17) is 4.74 Å². The molecule has 1 amide bonds. The highest BCUT2D eigenvalue weighted by atomic mass is 32.2. The van der Waals surface area contributed by atoms with Gasteiger partial charge in [-0.1, -0.05) is 42.5 Å². The minimum absolute atomic E-state index is 0.0479. The molecule has 0 spiro atoms. The van der Waals surface area contributed by atoms with Gasteiger partial charge < -0.3 is 10.1 Å². The van der Waals surface area contributed by atoms with E-state index in [0.717, 1.165) is 11.1 Å². The molecule has 3 rings (SSSR count). The summed E-state index contributed by atoms with van der Waals surface area (Å²) in [5.41, 5.74) is 2.78. The van der Waals surface area contributed by atoms with Crippen LogP contribution in [0.1, 0.15) is 24.2 Å². The van der Waals surface area contributed by atoms with E-state index in [2.05, 4.69) is 10.0 Å². The van der Waals surface area contributed by atoms with Gasteiger partial charge in [-0.15, -0.1) is 0 Å². The summed E-state index contributed by atoms with van der Waals surface area (Å²) in [7, 11) is -2.24. The monoisotopic (exact) mass is 424 g/mol. The highest BCUT2D eigenvalue weighted by molar-refractivity contribution is 7.89. The van der Waals surface area contributed by atoms with Gasteiger partial charge in [0.05, 0.1) is 17.7 Å². The summed E-state index contributed by atoms with van der Waals surface area (Å²) in [5, 5.41) is 2.75. The number of amides is 1. The second kappa shape index (κ2) is 9.11. The van der Waals surface area contributed by atoms with Gasteiger partial charge in [0.2, 0.25) is 10.0 Å². The first-order valence-electron chi connectivity index (χ1n) is 9.47. The Kier molecular flexibility index (Phi) is 6.54. The van der Waals surface area contributed by atoms with Gasteiger partial charge in [-0.25, -0.2) is 13.1 Å². The summed E-state index contributed by atoms with van der Waals surface area (Å²) >= 11 is 0. The van der Waals surface area contributed by atoms with Crippen LogP contribution in [0.5, 0.6) is 5.75 Å². The molecule has 0 heterocycles. The van der Waals surface area contributed by atoms with Gasteiger partial charge in [-0.3, -0.25) is 4.79 Å². The molecule has 30 heavy (non-hydrogen) atoms.